The van der Waals surface area contributed by atoms with E-state index >= 15 is 0 Å². The SMILES string of the molecule is CCOC(=O)C1=C(C)N=c2s/c(=C/c3cn(Cc4ccc(C#N)cc4)c4ccccc34)c(=O)n2[C@@H]1c1ccc(OC(C)C)c(OC)c1. The number of carbonyl (C=O) groups is 1. The Hall–Kier alpha value is -5.40. The van der Waals surface area contributed by atoms with E-state index in [1.54, 1.807) is 37.7 Å². The van der Waals surface area contributed by atoms with Crippen LogP contribution in [0.5, 0.6) is 11.5 Å². The second kappa shape index (κ2) is 13.1. The van der Waals surface area contributed by atoms with Crippen molar-refractivity contribution >= 4 is 34.3 Å². The molecule has 0 amide bonds. The summed E-state index contributed by atoms with van der Waals surface area (Å²) in [4.78, 5) is 32.9. The highest BCUT2D eigenvalue weighted by Gasteiger charge is 2.34. The van der Waals surface area contributed by atoms with E-state index in [0.717, 1.165) is 22.0 Å². The van der Waals surface area contributed by atoms with Crippen molar-refractivity contribution in [1.82, 2.24) is 9.13 Å². The van der Waals surface area contributed by atoms with Gasteiger partial charge in [0.15, 0.2) is 16.3 Å². The van der Waals surface area contributed by atoms with Gasteiger partial charge < -0.3 is 18.8 Å². The number of esters is 1. The van der Waals surface area contributed by atoms with Crippen LogP contribution in [0.3, 0.4) is 0 Å². The van der Waals surface area contributed by atoms with Crippen LogP contribution in [0.1, 0.15) is 56.0 Å². The van der Waals surface area contributed by atoms with Crippen molar-refractivity contribution in [2.24, 2.45) is 4.99 Å². The van der Waals surface area contributed by atoms with Crippen LogP contribution in [0.4, 0.5) is 0 Å². The van der Waals surface area contributed by atoms with E-state index in [9.17, 15) is 14.9 Å². The molecular weight excluding hydrogens is 612 g/mol. The van der Waals surface area contributed by atoms with Gasteiger partial charge in [-0.25, -0.2) is 9.79 Å². The largest absolute Gasteiger partial charge is 0.493 e. The van der Waals surface area contributed by atoms with Crippen LogP contribution < -0.4 is 24.4 Å². The number of allylic oxidation sites excluding steroid dienone is 1. The summed E-state index contributed by atoms with van der Waals surface area (Å²) in [7, 11) is 1.56. The normalized spacial score (nSPS) is 14.6. The number of nitriles is 1. The monoisotopic (exact) mass is 646 g/mol. The fourth-order valence-corrected chi connectivity index (χ4v) is 6.89. The van der Waals surface area contributed by atoms with Crippen LogP contribution in [-0.4, -0.2) is 34.9 Å². The molecule has 0 radical (unpaired) electrons. The van der Waals surface area contributed by atoms with Crippen LogP contribution in [0.2, 0.25) is 0 Å². The van der Waals surface area contributed by atoms with E-state index in [1.807, 2.05) is 80.7 Å². The fraction of sp³-hybridized carbons (Fsp3) is 0.243. The van der Waals surface area contributed by atoms with Gasteiger partial charge in [-0.2, -0.15) is 5.26 Å². The Bertz CT molecular complexity index is 2250. The first kappa shape index (κ1) is 31.6. The summed E-state index contributed by atoms with van der Waals surface area (Å²) < 4.78 is 21.2. The van der Waals surface area contributed by atoms with Crippen LogP contribution in [0.25, 0.3) is 17.0 Å². The molecule has 0 N–H and O–H groups in total. The zero-order valence-corrected chi connectivity index (χ0v) is 27.6. The lowest BCUT2D eigenvalue weighted by Crippen LogP contribution is -2.40. The molecule has 10 heteroatoms. The molecule has 0 bridgehead atoms. The minimum atomic E-state index is -0.785. The Morgan fingerprint density at radius 1 is 1.11 bits per heavy atom. The molecule has 9 nitrogen and oxygen atoms in total. The standard InChI is InChI=1S/C37H34N4O5S/c1-6-45-36(43)33-23(4)39-37-41(34(33)26-15-16-30(46-22(2)3)31(17-26)44-5)35(42)32(47-37)18-27-21-40(29-10-8-7-9-28(27)29)20-25-13-11-24(19-38)12-14-25/h7-18,21-22,34H,6,20H2,1-5H3/b32-18+/t34-/m1/s1. The third kappa shape index (κ3) is 6.10. The van der Waals surface area contributed by atoms with E-state index in [1.165, 1.54) is 11.3 Å². The Kier molecular flexibility index (Phi) is 8.83. The van der Waals surface area contributed by atoms with Gasteiger partial charge in [0.05, 0.1) is 53.3 Å². The predicted molar refractivity (Wildman–Crippen MR) is 181 cm³/mol. The molecule has 47 heavy (non-hydrogen) atoms. The second-order valence-electron chi connectivity index (χ2n) is 11.4. The van der Waals surface area contributed by atoms with E-state index in [2.05, 4.69) is 10.6 Å². The molecule has 6 rings (SSSR count). The Balaban J connectivity index is 1.50. The minimum absolute atomic E-state index is 0.0697. The van der Waals surface area contributed by atoms with Gasteiger partial charge in [-0.05, 0) is 75.2 Å². The van der Waals surface area contributed by atoms with E-state index in [0.29, 0.717) is 49.8 Å². The summed E-state index contributed by atoms with van der Waals surface area (Å²) in [6.07, 6.45) is 3.86. The van der Waals surface area contributed by atoms with Gasteiger partial charge >= 0.3 is 5.97 Å². The lowest BCUT2D eigenvalue weighted by molar-refractivity contribution is -0.139. The molecule has 1 aliphatic heterocycles. The molecule has 1 atom stereocenters. The number of hydrogen-bond acceptors (Lipinski definition) is 8. The quantitative estimate of drug-likeness (QED) is 0.197. The topological polar surface area (TPSA) is 108 Å². The van der Waals surface area contributed by atoms with Gasteiger partial charge in [-0.3, -0.25) is 9.36 Å². The number of nitrogens with zero attached hydrogens (tertiary/aromatic N) is 4. The summed E-state index contributed by atoms with van der Waals surface area (Å²) in [5.41, 5.74) is 4.75. The minimum Gasteiger partial charge on any atom is -0.493 e. The first-order valence-corrected chi connectivity index (χ1v) is 16.1. The third-order valence-corrected chi connectivity index (χ3v) is 8.91. The number of thiazole rings is 1. The summed E-state index contributed by atoms with van der Waals surface area (Å²) in [5.74, 6) is 0.529. The zero-order chi connectivity index (χ0) is 33.2. The third-order valence-electron chi connectivity index (χ3n) is 7.93. The maximum atomic E-state index is 14.3. The van der Waals surface area contributed by atoms with Gasteiger partial charge in [0.1, 0.15) is 0 Å². The summed E-state index contributed by atoms with van der Waals surface area (Å²) in [6.45, 7) is 8.16. The first-order chi connectivity index (χ1) is 22.7. The maximum Gasteiger partial charge on any atom is 0.338 e. The average Bonchev–Trinajstić information content (AvgIpc) is 3.56. The van der Waals surface area contributed by atoms with E-state index < -0.39 is 12.0 Å². The molecule has 0 saturated carbocycles. The summed E-state index contributed by atoms with van der Waals surface area (Å²) in [5, 5.41) is 10.2. The van der Waals surface area contributed by atoms with E-state index in [-0.39, 0.29) is 18.3 Å². The Morgan fingerprint density at radius 2 is 1.87 bits per heavy atom. The Morgan fingerprint density at radius 3 is 2.57 bits per heavy atom. The number of hydrogen-bond donors (Lipinski definition) is 0. The molecule has 1 aliphatic rings. The fourth-order valence-electron chi connectivity index (χ4n) is 5.86. The first-order valence-electron chi connectivity index (χ1n) is 15.3. The molecule has 0 fully saturated rings. The lowest BCUT2D eigenvalue weighted by atomic mass is 9.95. The molecule has 3 heterocycles. The predicted octanol–water partition coefficient (Wildman–Crippen LogP) is 5.47. The van der Waals surface area contributed by atoms with Crippen molar-refractivity contribution in [3.05, 3.63) is 126 Å². The number of benzene rings is 3. The van der Waals surface area contributed by atoms with Gasteiger partial charge in [0.25, 0.3) is 5.56 Å². The van der Waals surface area contributed by atoms with Gasteiger partial charge in [0.2, 0.25) is 0 Å². The van der Waals surface area contributed by atoms with Crippen molar-refractivity contribution in [2.45, 2.75) is 46.4 Å². The van der Waals surface area contributed by atoms with Gasteiger partial charge in [0, 0.05) is 29.2 Å². The Labute approximate surface area is 275 Å². The second-order valence-corrected chi connectivity index (χ2v) is 12.4. The lowest BCUT2D eigenvalue weighted by Gasteiger charge is -2.25. The van der Waals surface area contributed by atoms with Crippen molar-refractivity contribution in [3.8, 4) is 17.6 Å². The molecule has 0 aliphatic carbocycles. The molecular formula is C37H34N4O5S. The number of ether oxygens (including phenoxy) is 3. The molecule has 0 spiro atoms. The highest BCUT2D eigenvalue weighted by molar-refractivity contribution is 7.07. The van der Waals surface area contributed by atoms with Crippen LogP contribution in [0, 0.1) is 11.3 Å². The smallest absolute Gasteiger partial charge is 0.338 e. The van der Waals surface area contributed by atoms with Gasteiger partial charge in [-0.15, -0.1) is 0 Å². The number of para-hydroxylation sites is 1. The average molecular weight is 647 g/mol. The van der Waals surface area contributed by atoms with Crippen molar-refractivity contribution in [2.75, 3.05) is 13.7 Å². The summed E-state index contributed by atoms with van der Waals surface area (Å²) >= 11 is 1.28. The summed E-state index contributed by atoms with van der Waals surface area (Å²) in [6, 6.07) is 22.4. The van der Waals surface area contributed by atoms with Gasteiger partial charge in [-0.1, -0.05) is 47.7 Å². The highest BCUT2D eigenvalue weighted by atomic mass is 32.1. The number of aromatic nitrogens is 2. The molecule has 0 saturated heterocycles. The zero-order valence-electron chi connectivity index (χ0n) is 26.8. The van der Waals surface area contributed by atoms with Crippen LogP contribution in [-0.2, 0) is 16.1 Å². The van der Waals surface area contributed by atoms with E-state index in [4.69, 9.17) is 19.2 Å². The number of rotatable bonds is 9. The van der Waals surface area contributed by atoms with Crippen molar-refractivity contribution in [1.29, 1.82) is 5.26 Å². The molecule has 2 aromatic heterocycles. The number of carbonyl (C=O) groups excluding carboxylic acids is 1. The van der Waals surface area contributed by atoms with Crippen molar-refractivity contribution < 1.29 is 19.0 Å². The molecule has 5 aromatic rings. The highest BCUT2D eigenvalue weighted by Crippen LogP contribution is 2.36. The van der Waals surface area contributed by atoms with Crippen LogP contribution in [0.15, 0.2) is 94.0 Å². The molecule has 0 unspecified atom stereocenters. The van der Waals surface area contributed by atoms with Crippen molar-refractivity contribution in [3.63, 3.8) is 0 Å². The molecule has 238 valence electrons. The number of fused-ring (bicyclic) bond motifs is 2. The maximum absolute atomic E-state index is 14.3. The molecule has 3 aromatic carbocycles. The number of methoxy groups -OCH3 is 1. The van der Waals surface area contributed by atoms with Crippen LogP contribution >= 0.6 is 11.3 Å².